The van der Waals surface area contributed by atoms with E-state index >= 15 is 0 Å². The molecule has 0 atom stereocenters. The summed E-state index contributed by atoms with van der Waals surface area (Å²) in [7, 11) is 1.66. The molecule has 3 aromatic rings. The lowest BCUT2D eigenvalue weighted by Crippen LogP contribution is -1.94. The van der Waals surface area contributed by atoms with E-state index in [0.29, 0.717) is 6.54 Å². The second-order valence-corrected chi connectivity index (χ2v) is 4.14. The molecule has 0 aliphatic heterocycles. The number of aromatic nitrogens is 1. The van der Waals surface area contributed by atoms with Gasteiger partial charge in [0.25, 0.3) is 0 Å². The van der Waals surface area contributed by atoms with E-state index in [2.05, 4.69) is 12.1 Å². The van der Waals surface area contributed by atoms with E-state index in [0.717, 1.165) is 27.6 Å². The summed E-state index contributed by atoms with van der Waals surface area (Å²) in [6, 6.07) is 16.3. The molecule has 3 nitrogen and oxygen atoms in total. The summed E-state index contributed by atoms with van der Waals surface area (Å²) >= 11 is 0. The average molecular weight is 236 g/mol. The van der Waals surface area contributed by atoms with E-state index in [1.54, 1.807) is 7.11 Å². The normalized spacial score (nSPS) is 10.7. The highest BCUT2D eigenvalue weighted by atomic mass is 16.5. The molecule has 0 spiro atoms. The van der Waals surface area contributed by atoms with Gasteiger partial charge in [-0.25, -0.2) is 0 Å². The Bertz CT molecular complexity index is 765. The molecule has 0 unspecified atom stereocenters. The fraction of sp³-hybridized carbons (Fsp3) is 0.133. The minimum atomic E-state index is 0.357. The second-order valence-electron chi connectivity index (χ2n) is 4.14. The molecule has 0 radical (unpaired) electrons. The predicted molar refractivity (Wildman–Crippen MR) is 71.6 cm³/mol. The summed E-state index contributed by atoms with van der Waals surface area (Å²) < 4.78 is 7.30. The van der Waals surface area contributed by atoms with Gasteiger partial charge in [-0.1, -0.05) is 18.2 Å². The van der Waals surface area contributed by atoms with Gasteiger partial charge in [-0.15, -0.1) is 0 Å². The maximum atomic E-state index is 8.96. The Hall–Kier alpha value is -2.47. The van der Waals surface area contributed by atoms with E-state index in [1.165, 1.54) is 0 Å². The van der Waals surface area contributed by atoms with Crippen molar-refractivity contribution in [2.24, 2.45) is 0 Å². The number of benzene rings is 2. The van der Waals surface area contributed by atoms with Crippen LogP contribution in [-0.4, -0.2) is 11.7 Å². The van der Waals surface area contributed by atoms with Crippen LogP contribution in [0.15, 0.2) is 42.5 Å². The van der Waals surface area contributed by atoms with Gasteiger partial charge in [-0.05, 0) is 24.3 Å². The number of methoxy groups -OCH3 is 1. The van der Waals surface area contributed by atoms with Crippen molar-refractivity contribution in [3.8, 4) is 11.8 Å². The Kier molecular flexibility index (Phi) is 2.42. The van der Waals surface area contributed by atoms with E-state index in [4.69, 9.17) is 10.00 Å². The third-order valence-corrected chi connectivity index (χ3v) is 3.21. The van der Waals surface area contributed by atoms with Crippen LogP contribution in [0.3, 0.4) is 0 Å². The molecule has 1 heterocycles. The van der Waals surface area contributed by atoms with Gasteiger partial charge in [0.2, 0.25) is 0 Å². The molecule has 0 amide bonds. The Morgan fingerprint density at radius 2 is 1.89 bits per heavy atom. The van der Waals surface area contributed by atoms with E-state index < -0.39 is 0 Å². The van der Waals surface area contributed by atoms with Crippen LogP contribution in [0, 0.1) is 11.3 Å². The predicted octanol–water partition coefficient (Wildman–Crippen LogP) is 3.33. The third kappa shape index (κ3) is 1.43. The Balaban J connectivity index is 2.46. The summed E-state index contributed by atoms with van der Waals surface area (Å²) in [4.78, 5) is 0. The molecule has 2 aromatic carbocycles. The first-order valence-corrected chi connectivity index (χ1v) is 5.77. The molecule has 1 aromatic heterocycles. The number of nitriles is 1. The quantitative estimate of drug-likeness (QED) is 0.684. The zero-order chi connectivity index (χ0) is 12.5. The van der Waals surface area contributed by atoms with E-state index in [1.807, 2.05) is 41.0 Å². The van der Waals surface area contributed by atoms with Gasteiger partial charge in [0, 0.05) is 10.8 Å². The van der Waals surface area contributed by atoms with Crippen molar-refractivity contribution in [1.82, 2.24) is 4.57 Å². The van der Waals surface area contributed by atoms with Crippen LogP contribution in [0.25, 0.3) is 21.8 Å². The zero-order valence-electron chi connectivity index (χ0n) is 10.1. The number of hydrogen-bond acceptors (Lipinski definition) is 2. The van der Waals surface area contributed by atoms with Crippen LogP contribution in [0.1, 0.15) is 0 Å². The molecule has 0 aliphatic rings. The summed E-state index contributed by atoms with van der Waals surface area (Å²) in [5.74, 6) is 0.836. The van der Waals surface area contributed by atoms with Crippen LogP contribution in [0.5, 0.6) is 5.75 Å². The maximum Gasteiger partial charge on any atom is 0.119 e. The van der Waals surface area contributed by atoms with Crippen LogP contribution < -0.4 is 4.74 Å². The highest BCUT2D eigenvalue weighted by Gasteiger charge is 2.10. The number of para-hydroxylation sites is 1. The molecular formula is C15H12N2O. The van der Waals surface area contributed by atoms with Gasteiger partial charge >= 0.3 is 0 Å². The molecular weight excluding hydrogens is 224 g/mol. The molecule has 0 N–H and O–H groups in total. The monoisotopic (exact) mass is 236 g/mol. The number of rotatable bonds is 2. The van der Waals surface area contributed by atoms with Gasteiger partial charge in [0.05, 0.1) is 24.2 Å². The standard InChI is InChI=1S/C15H12N2O/c1-18-11-6-7-15-13(10-11)12-4-2-3-5-14(12)17(15)9-8-16/h2-7,10H,9H2,1H3. The first kappa shape index (κ1) is 10.7. The summed E-state index contributed by atoms with van der Waals surface area (Å²) in [6.45, 7) is 0.357. The number of nitrogens with zero attached hydrogens (tertiary/aromatic N) is 2. The Morgan fingerprint density at radius 1 is 1.11 bits per heavy atom. The molecule has 3 rings (SSSR count). The van der Waals surface area contributed by atoms with Gasteiger partial charge in [-0.2, -0.15) is 5.26 Å². The molecule has 3 heteroatoms. The van der Waals surface area contributed by atoms with Crippen molar-refractivity contribution in [2.45, 2.75) is 6.54 Å². The van der Waals surface area contributed by atoms with E-state index in [-0.39, 0.29) is 0 Å². The first-order valence-electron chi connectivity index (χ1n) is 5.77. The van der Waals surface area contributed by atoms with Crippen molar-refractivity contribution >= 4 is 21.8 Å². The number of fused-ring (bicyclic) bond motifs is 3. The Morgan fingerprint density at radius 3 is 2.67 bits per heavy atom. The summed E-state index contributed by atoms with van der Waals surface area (Å²) in [6.07, 6.45) is 0. The van der Waals surface area contributed by atoms with Crippen molar-refractivity contribution < 1.29 is 4.74 Å². The van der Waals surface area contributed by atoms with E-state index in [9.17, 15) is 0 Å². The van der Waals surface area contributed by atoms with Crippen LogP contribution in [0.4, 0.5) is 0 Å². The fourth-order valence-corrected chi connectivity index (χ4v) is 2.40. The van der Waals surface area contributed by atoms with Gasteiger partial charge in [0.15, 0.2) is 0 Å². The second kappa shape index (κ2) is 4.08. The molecule has 0 saturated heterocycles. The van der Waals surface area contributed by atoms with Crippen molar-refractivity contribution in [3.05, 3.63) is 42.5 Å². The summed E-state index contributed by atoms with van der Waals surface area (Å²) in [5.41, 5.74) is 2.15. The van der Waals surface area contributed by atoms with Crippen LogP contribution in [-0.2, 0) is 6.54 Å². The maximum absolute atomic E-state index is 8.96. The first-order chi connectivity index (χ1) is 8.85. The SMILES string of the molecule is COc1ccc2c(c1)c1ccccc1n2CC#N. The lowest BCUT2D eigenvalue weighted by atomic mass is 10.1. The van der Waals surface area contributed by atoms with Gasteiger partial charge in [0.1, 0.15) is 12.3 Å². The van der Waals surface area contributed by atoms with Gasteiger partial charge < -0.3 is 9.30 Å². The zero-order valence-corrected chi connectivity index (χ0v) is 10.1. The van der Waals surface area contributed by atoms with Crippen LogP contribution >= 0.6 is 0 Å². The van der Waals surface area contributed by atoms with Crippen molar-refractivity contribution in [2.75, 3.05) is 7.11 Å². The highest BCUT2D eigenvalue weighted by Crippen LogP contribution is 2.31. The van der Waals surface area contributed by atoms with Gasteiger partial charge in [-0.3, -0.25) is 0 Å². The molecule has 0 aliphatic carbocycles. The lowest BCUT2D eigenvalue weighted by Gasteiger charge is -2.02. The molecule has 0 fully saturated rings. The minimum absolute atomic E-state index is 0.357. The topological polar surface area (TPSA) is 38.0 Å². The fourth-order valence-electron chi connectivity index (χ4n) is 2.40. The summed E-state index contributed by atoms with van der Waals surface area (Å²) in [5, 5.41) is 11.2. The van der Waals surface area contributed by atoms with Crippen molar-refractivity contribution in [3.63, 3.8) is 0 Å². The average Bonchev–Trinajstić information content (AvgIpc) is 2.74. The molecule has 0 saturated carbocycles. The number of ether oxygens (including phenoxy) is 1. The molecule has 88 valence electrons. The minimum Gasteiger partial charge on any atom is -0.497 e. The van der Waals surface area contributed by atoms with Crippen molar-refractivity contribution in [1.29, 1.82) is 5.26 Å². The van der Waals surface area contributed by atoms with Crippen LogP contribution in [0.2, 0.25) is 0 Å². The molecule has 0 bridgehead atoms. The largest absolute Gasteiger partial charge is 0.497 e. The molecule has 18 heavy (non-hydrogen) atoms. The third-order valence-electron chi connectivity index (χ3n) is 3.21. The lowest BCUT2D eigenvalue weighted by molar-refractivity contribution is 0.415. The highest BCUT2D eigenvalue weighted by molar-refractivity contribution is 6.08. The number of hydrogen-bond donors (Lipinski definition) is 0. The smallest absolute Gasteiger partial charge is 0.119 e. The Labute approximate surface area is 105 Å².